The number of carbonyl (C=O) groups excluding carboxylic acids is 1. The minimum absolute atomic E-state index is 0.199. The molecule has 0 radical (unpaired) electrons. The van der Waals surface area contributed by atoms with Gasteiger partial charge in [0.05, 0.1) is 13.7 Å². The third-order valence-electron chi connectivity index (χ3n) is 3.96. The summed E-state index contributed by atoms with van der Waals surface area (Å²) in [6, 6.07) is 13.2. The van der Waals surface area contributed by atoms with Gasteiger partial charge in [0, 0.05) is 0 Å². The van der Waals surface area contributed by atoms with Crippen LogP contribution < -0.4 is 19.5 Å². The van der Waals surface area contributed by atoms with E-state index in [2.05, 4.69) is 5.32 Å². The van der Waals surface area contributed by atoms with Gasteiger partial charge < -0.3 is 19.5 Å². The lowest BCUT2D eigenvalue weighted by Gasteiger charge is -2.17. The van der Waals surface area contributed by atoms with Crippen molar-refractivity contribution in [1.82, 2.24) is 5.32 Å². The van der Waals surface area contributed by atoms with Gasteiger partial charge in [-0.1, -0.05) is 24.3 Å². The molecule has 0 spiro atoms. The predicted octanol–water partition coefficient (Wildman–Crippen LogP) is 3.27. The lowest BCUT2D eigenvalue weighted by molar-refractivity contribution is -0.127. The fraction of sp³-hybridized carbons (Fsp3) is 0.350. The average Bonchev–Trinajstić information content (AvgIpc) is 2.62. The molecular formula is C20H25NO4. The topological polar surface area (TPSA) is 56.8 Å². The van der Waals surface area contributed by atoms with E-state index in [0.717, 1.165) is 11.3 Å². The van der Waals surface area contributed by atoms with Gasteiger partial charge in [0.25, 0.3) is 5.91 Å². The van der Waals surface area contributed by atoms with Gasteiger partial charge in [-0.15, -0.1) is 0 Å². The Balaban J connectivity index is 1.79. The van der Waals surface area contributed by atoms with Gasteiger partial charge in [0.2, 0.25) is 0 Å². The van der Waals surface area contributed by atoms with Crippen LogP contribution in [0.15, 0.2) is 42.5 Å². The highest BCUT2D eigenvalue weighted by Gasteiger charge is 2.16. The molecule has 2 aromatic carbocycles. The van der Waals surface area contributed by atoms with Gasteiger partial charge in [-0.2, -0.15) is 0 Å². The molecule has 2 rings (SSSR count). The van der Waals surface area contributed by atoms with Crippen LogP contribution in [0.1, 0.15) is 18.1 Å². The van der Waals surface area contributed by atoms with Crippen molar-refractivity contribution in [1.29, 1.82) is 0 Å². The number of carbonyl (C=O) groups is 1. The van der Waals surface area contributed by atoms with Gasteiger partial charge in [0.1, 0.15) is 12.4 Å². The summed E-state index contributed by atoms with van der Waals surface area (Å²) in [5, 5.41) is 2.81. The fourth-order valence-corrected chi connectivity index (χ4v) is 2.32. The van der Waals surface area contributed by atoms with Crippen molar-refractivity contribution in [2.75, 3.05) is 20.3 Å². The summed E-state index contributed by atoms with van der Waals surface area (Å²) in [4.78, 5) is 12.1. The largest absolute Gasteiger partial charge is 0.493 e. The molecule has 0 saturated heterocycles. The molecule has 5 heteroatoms. The highest BCUT2D eigenvalue weighted by molar-refractivity contribution is 5.80. The third kappa shape index (κ3) is 5.14. The molecule has 1 unspecified atom stereocenters. The normalized spacial score (nSPS) is 11.5. The van der Waals surface area contributed by atoms with E-state index >= 15 is 0 Å². The Hall–Kier alpha value is -2.69. The summed E-state index contributed by atoms with van der Waals surface area (Å²) < 4.78 is 16.6. The molecule has 5 nitrogen and oxygen atoms in total. The summed E-state index contributed by atoms with van der Waals surface area (Å²) >= 11 is 0. The molecule has 0 heterocycles. The number of para-hydroxylation sites is 2. The predicted molar refractivity (Wildman–Crippen MR) is 97.5 cm³/mol. The Bertz CT molecular complexity index is 715. The lowest BCUT2D eigenvalue weighted by atomic mass is 10.1. The summed E-state index contributed by atoms with van der Waals surface area (Å²) in [6.07, 6.45) is -0.628. The monoisotopic (exact) mass is 343 g/mol. The first-order valence-electron chi connectivity index (χ1n) is 8.29. The first-order chi connectivity index (χ1) is 12.0. The molecule has 0 bridgehead atoms. The minimum atomic E-state index is -0.628. The van der Waals surface area contributed by atoms with Crippen molar-refractivity contribution >= 4 is 5.91 Å². The molecule has 0 aliphatic carbocycles. The summed E-state index contributed by atoms with van der Waals surface area (Å²) in [7, 11) is 1.57. The van der Waals surface area contributed by atoms with Gasteiger partial charge in [-0.25, -0.2) is 0 Å². The first-order valence-corrected chi connectivity index (χ1v) is 8.29. The number of benzene rings is 2. The maximum atomic E-state index is 12.1. The SMILES string of the molecule is COc1ccccc1OC(C)C(=O)NCCOc1cccc(C)c1C. The zero-order valence-electron chi connectivity index (χ0n) is 15.2. The smallest absolute Gasteiger partial charge is 0.260 e. The van der Waals surface area contributed by atoms with Crippen molar-refractivity contribution in [3.05, 3.63) is 53.6 Å². The molecule has 0 saturated carbocycles. The number of hydrogen-bond donors (Lipinski definition) is 1. The Labute approximate surface area is 148 Å². The van der Waals surface area contributed by atoms with Gasteiger partial charge >= 0.3 is 0 Å². The maximum absolute atomic E-state index is 12.1. The molecule has 134 valence electrons. The third-order valence-corrected chi connectivity index (χ3v) is 3.96. The van der Waals surface area contributed by atoms with Crippen LogP contribution in [-0.2, 0) is 4.79 Å². The number of nitrogens with one attached hydrogen (secondary N) is 1. The lowest BCUT2D eigenvalue weighted by Crippen LogP contribution is -2.38. The highest BCUT2D eigenvalue weighted by atomic mass is 16.5. The van der Waals surface area contributed by atoms with Crippen molar-refractivity contribution < 1.29 is 19.0 Å². The number of ether oxygens (including phenoxy) is 3. The van der Waals surface area contributed by atoms with Crippen LogP contribution in [-0.4, -0.2) is 32.3 Å². The van der Waals surface area contributed by atoms with Gasteiger partial charge in [0.15, 0.2) is 17.6 Å². The second-order valence-electron chi connectivity index (χ2n) is 5.75. The van der Waals surface area contributed by atoms with Crippen LogP contribution >= 0.6 is 0 Å². The molecule has 0 fully saturated rings. The van der Waals surface area contributed by atoms with Crippen molar-refractivity contribution in [2.45, 2.75) is 26.9 Å². The zero-order chi connectivity index (χ0) is 18.2. The number of rotatable bonds is 8. The van der Waals surface area contributed by atoms with E-state index in [4.69, 9.17) is 14.2 Å². The molecule has 0 aliphatic heterocycles. The Morgan fingerprint density at radius 1 is 1.04 bits per heavy atom. The molecule has 1 atom stereocenters. The van der Waals surface area contributed by atoms with Crippen LogP contribution in [0.4, 0.5) is 0 Å². The number of methoxy groups -OCH3 is 1. The molecule has 1 N–H and O–H groups in total. The molecule has 0 aromatic heterocycles. The van der Waals surface area contributed by atoms with Crippen molar-refractivity contribution in [3.63, 3.8) is 0 Å². The number of aryl methyl sites for hydroxylation is 1. The Morgan fingerprint density at radius 3 is 2.44 bits per heavy atom. The maximum Gasteiger partial charge on any atom is 0.260 e. The highest BCUT2D eigenvalue weighted by Crippen LogP contribution is 2.26. The molecular weight excluding hydrogens is 318 g/mol. The van der Waals surface area contributed by atoms with Gasteiger partial charge in [-0.05, 0) is 50.1 Å². The quantitative estimate of drug-likeness (QED) is 0.748. The van der Waals surface area contributed by atoms with Gasteiger partial charge in [-0.3, -0.25) is 4.79 Å². The van der Waals surface area contributed by atoms with E-state index in [0.29, 0.717) is 24.7 Å². The van der Waals surface area contributed by atoms with Crippen LogP contribution in [0.25, 0.3) is 0 Å². The Kier molecular flexibility index (Phi) is 6.69. The van der Waals surface area contributed by atoms with Crippen molar-refractivity contribution in [2.24, 2.45) is 0 Å². The molecule has 2 aromatic rings. The molecule has 25 heavy (non-hydrogen) atoms. The number of amides is 1. The summed E-state index contributed by atoms with van der Waals surface area (Å²) in [6.45, 7) is 6.57. The average molecular weight is 343 g/mol. The summed E-state index contributed by atoms with van der Waals surface area (Å²) in [5.41, 5.74) is 2.29. The Morgan fingerprint density at radius 2 is 1.72 bits per heavy atom. The fourth-order valence-electron chi connectivity index (χ4n) is 2.32. The molecule has 1 amide bonds. The first kappa shape index (κ1) is 18.6. The van der Waals surface area contributed by atoms with Crippen LogP contribution in [0, 0.1) is 13.8 Å². The van der Waals surface area contributed by atoms with Crippen LogP contribution in [0.5, 0.6) is 17.2 Å². The van der Waals surface area contributed by atoms with Crippen molar-refractivity contribution in [3.8, 4) is 17.2 Å². The van der Waals surface area contributed by atoms with E-state index in [-0.39, 0.29) is 5.91 Å². The van der Waals surface area contributed by atoms with E-state index in [1.54, 1.807) is 26.2 Å². The second kappa shape index (κ2) is 8.97. The van der Waals surface area contributed by atoms with Crippen LogP contribution in [0.2, 0.25) is 0 Å². The zero-order valence-corrected chi connectivity index (χ0v) is 15.2. The summed E-state index contributed by atoms with van der Waals surface area (Å²) in [5.74, 6) is 1.78. The molecule has 0 aliphatic rings. The minimum Gasteiger partial charge on any atom is -0.493 e. The second-order valence-corrected chi connectivity index (χ2v) is 5.75. The standard InChI is InChI=1S/C20H25NO4/c1-14-8-7-11-17(15(14)2)24-13-12-21-20(22)16(3)25-19-10-6-5-9-18(19)23-4/h5-11,16H,12-13H2,1-4H3,(H,21,22). The van der Waals surface area contributed by atoms with Crippen LogP contribution in [0.3, 0.4) is 0 Å². The van der Waals surface area contributed by atoms with E-state index in [1.807, 2.05) is 44.2 Å². The number of hydrogen-bond acceptors (Lipinski definition) is 4. The van der Waals surface area contributed by atoms with E-state index in [1.165, 1.54) is 5.56 Å². The van der Waals surface area contributed by atoms with E-state index in [9.17, 15) is 4.79 Å². The van der Waals surface area contributed by atoms with E-state index < -0.39 is 6.10 Å².